The molecule has 0 saturated heterocycles. The van der Waals surface area contributed by atoms with E-state index in [-0.39, 0.29) is 11.5 Å². The van der Waals surface area contributed by atoms with Crippen molar-refractivity contribution in [2.24, 2.45) is 0 Å². The van der Waals surface area contributed by atoms with E-state index in [1.54, 1.807) is 49.6 Å². The van der Waals surface area contributed by atoms with Crippen LogP contribution in [-0.2, 0) is 0 Å². The van der Waals surface area contributed by atoms with E-state index < -0.39 is 5.97 Å². The number of halogens is 1. The van der Waals surface area contributed by atoms with Crippen molar-refractivity contribution in [1.29, 1.82) is 0 Å². The summed E-state index contributed by atoms with van der Waals surface area (Å²) in [7, 11) is 1.55. The van der Waals surface area contributed by atoms with Gasteiger partial charge in [-0.25, -0.2) is 4.79 Å². The van der Waals surface area contributed by atoms with Crippen molar-refractivity contribution in [2.75, 3.05) is 7.11 Å². The van der Waals surface area contributed by atoms with E-state index in [0.29, 0.717) is 28.4 Å². The van der Waals surface area contributed by atoms with Crippen LogP contribution in [0.5, 0.6) is 17.2 Å². The van der Waals surface area contributed by atoms with Gasteiger partial charge in [-0.2, -0.15) is 0 Å². The van der Waals surface area contributed by atoms with Crippen LogP contribution >= 0.6 is 15.9 Å². The molecular weight excluding hydrogens is 436 g/mol. The first-order valence-corrected chi connectivity index (χ1v) is 9.53. The Hall–Kier alpha value is -3.38. The lowest BCUT2D eigenvalue weighted by atomic mass is 10.1. The average molecular weight is 451 g/mol. The maximum atomic E-state index is 12.6. The zero-order valence-electron chi connectivity index (χ0n) is 15.3. The molecule has 0 amide bonds. The van der Waals surface area contributed by atoms with Crippen LogP contribution in [-0.4, -0.2) is 18.9 Å². The van der Waals surface area contributed by atoms with Crippen LogP contribution in [0.1, 0.15) is 26.3 Å². The van der Waals surface area contributed by atoms with E-state index in [1.165, 1.54) is 6.07 Å². The molecule has 1 heterocycles. The predicted octanol–water partition coefficient (Wildman–Crippen LogP) is 5.29. The molecule has 1 aliphatic heterocycles. The molecule has 144 valence electrons. The number of carbonyl (C=O) groups is 2. The van der Waals surface area contributed by atoms with Gasteiger partial charge >= 0.3 is 5.97 Å². The summed E-state index contributed by atoms with van der Waals surface area (Å²) in [6.07, 6.45) is 1.68. The molecule has 4 rings (SSSR count). The Kier molecular flexibility index (Phi) is 5.18. The number of carbonyl (C=O) groups excluding carboxylic acids is 2. The number of Topliss-reactive ketones (excluding diaryl/α,β-unsaturated/α-hetero) is 1. The van der Waals surface area contributed by atoms with Gasteiger partial charge in [0, 0.05) is 10.5 Å². The Labute approximate surface area is 175 Å². The van der Waals surface area contributed by atoms with E-state index in [2.05, 4.69) is 15.9 Å². The number of hydrogen-bond acceptors (Lipinski definition) is 5. The molecule has 3 aromatic rings. The first kappa shape index (κ1) is 19.0. The van der Waals surface area contributed by atoms with Gasteiger partial charge in [-0.3, -0.25) is 4.79 Å². The zero-order chi connectivity index (χ0) is 20.4. The number of benzene rings is 3. The van der Waals surface area contributed by atoms with E-state index >= 15 is 0 Å². The molecule has 29 heavy (non-hydrogen) atoms. The molecule has 3 aromatic carbocycles. The average Bonchev–Trinajstić information content (AvgIpc) is 3.03. The van der Waals surface area contributed by atoms with Gasteiger partial charge in [0.2, 0.25) is 5.78 Å². The fourth-order valence-corrected chi connectivity index (χ4v) is 3.29. The van der Waals surface area contributed by atoms with Crippen molar-refractivity contribution in [2.45, 2.75) is 0 Å². The number of hydrogen-bond donors (Lipinski definition) is 0. The van der Waals surface area contributed by atoms with Crippen LogP contribution in [0, 0.1) is 0 Å². The first-order valence-electron chi connectivity index (χ1n) is 8.73. The normalized spacial score (nSPS) is 13.7. The Morgan fingerprint density at radius 2 is 1.76 bits per heavy atom. The molecule has 0 fully saturated rings. The molecule has 0 saturated carbocycles. The quantitative estimate of drug-likeness (QED) is 0.306. The molecule has 0 unspecified atom stereocenters. The lowest BCUT2D eigenvalue weighted by Gasteiger charge is -2.06. The highest BCUT2D eigenvalue weighted by Crippen LogP contribution is 2.35. The van der Waals surface area contributed by atoms with Crippen LogP contribution in [0.25, 0.3) is 6.08 Å². The summed E-state index contributed by atoms with van der Waals surface area (Å²) in [5, 5.41) is 0. The smallest absolute Gasteiger partial charge is 0.343 e. The topological polar surface area (TPSA) is 61.8 Å². The van der Waals surface area contributed by atoms with Crippen LogP contribution in [0.4, 0.5) is 0 Å². The lowest BCUT2D eigenvalue weighted by Crippen LogP contribution is -2.08. The van der Waals surface area contributed by atoms with E-state index in [0.717, 1.165) is 10.0 Å². The van der Waals surface area contributed by atoms with Gasteiger partial charge < -0.3 is 14.2 Å². The van der Waals surface area contributed by atoms with Crippen LogP contribution in [0.2, 0.25) is 0 Å². The van der Waals surface area contributed by atoms with Crippen molar-refractivity contribution in [3.63, 3.8) is 0 Å². The van der Waals surface area contributed by atoms with E-state index in [9.17, 15) is 9.59 Å². The van der Waals surface area contributed by atoms with E-state index in [1.807, 2.05) is 24.3 Å². The maximum absolute atomic E-state index is 12.6. The van der Waals surface area contributed by atoms with Crippen molar-refractivity contribution >= 4 is 33.8 Å². The van der Waals surface area contributed by atoms with Crippen LogP contribution < -0.4 is 14.2 Å². The van der Waals surface area contributed by atoms with Gasteiger partial charge in [-0.05, 0) is 60.2 Å². The molecule has 0 aliphatic carbocycles. The monoisotopic (exact) mass is 450 g/mol. The minimum absolute atomic E-state index is 0.215. The minimum atomic E-state index is -0.512. The Morgan fingerprint density at radius 1 is 1.00 bits per heavy atom. The number of allylic oxidation sites excluding steroid dienone is 1. The fraction of sp³-hybridized carbons (Fsp3) is 0.0435. The Bertz CT molecular complexity index is 1130. The summed E-state index contributed by atoms with van der Waals surface area (Å²) in [6.45, 7) is 0. The standard InChI is InChI=1S/C23H15BrO5/c1-27-17-7-5-15(6-8-17)23(26)28-18-9-10-19-20(13-18)29-21(22(19)25)12-14-3-2-4-16(24)11-14/h2-13H,1H3/b21-12-. The highest BCUT2D eigenvalue weighted by molar-refractivity contribution is 9.10. The van der Waals surface area contributed by atoms with E-state index in [4.69, 9.17) is 14.2 Å². The van der Waals surface area contributed by atoms with Crippen molar-refractivity contribution < 1.29 is 23.8 Å². The summed E-state index contributed by atoms with van der Waals surface area (Å²) < 4.78 is 17.1. The van der Waals surface area contributed by atoms with Crippen molar-refractivity contribution in [1.82, 2.24) is 0 Å². The van der Waals surface area contributed by atoms with Gasteiger partial charge in [-0.1, -0.05) is 28.1 Å². The summed E-state index contributed by atoms with van der Waals surface area (Å²) in [5.41, 5.74) is 1.65. The largest absolute Gasteiger partial charge is 0.497 e. The molecule has 1 aliphatic rings. The van der Waals surface area contributed by atoms with Crippen LogP contribution in [0.3, 0.4) is 0 Å². The summed E-state index contributed by atoms with van der Waals surface area (Å²) >= 11 is 3.40. The lowest BCUT2D eigenvalue weighted by molar-refractivity contribution is 0.0734. The second-order valence-electron chi connectivity index (χ2n) is 6.27. The predicted molar refractivity (Wildman–Crippen MR) is 111 cm³/mol. The third kappa shape index (κ3) is 4.07. The molecule has 0 radical (unpaired) electrons. The van der Waals surface area contributed by atoms with Gasteiger partial charge in [0.15, 0.2) is 5.76 Å². The third-order valence-electron chi connectivity index (χ3n) is 4.32. The van der Waals surface area contributed by atoms with Gasteiger partial charge in [0.05, 0.1) is 18.2 Å². The second-order valence-corrected chi connectivity index (χ2v) is 7.19. The number of methoxy groups -OCH3 is 1. The minimum Gasteiger partial charge on any atom is -0.497 e. The van der Waals surface area contributed by atoms with Crippen molar-refractivity contribution in [3.8, 4) is 17.2 Å². The zero-order valence-corrected chi connectivity index (χ0v) is 16.9. The molecule has 0 bridgehead atoms. The van der Waals surface area contributed by atoms with Gasteiger partial charge in [-0.15, -0.1) is 0 Å². The van der Waals surface area contributed by atoms with Crippen LogP contribution in [0.15, 0.2) is 77.0 Å². The molecule has 0 atom stereocenters. The third-order valence-corrected chi connectivity index (χ3v) is 4.82. The highest BCUT2D eigenvalue weighted by Gasteiger charge is 2.28. The number of fused-ring (bicyclic) bond motifs is 1. The second kappa shape index (κ2) is 7.93. The highest BCUT2D eigenvalue weighted by atomic mass is 79.9. The molecule has 0 aromatic heterocycles. The number of ether oxygens (including phenoxy) is 3. The van der Waals surface area contributed by atoms with Crippen molar-refractivity contribution in [3.05, 3.63) is 93.7 Å². The Morgan fingerprint density at radius 3 is 2.48 bits per heavy atom. The summed E-state index contributed by atoms with van der Waals surface area (Å²) in [5.74, 6) is 0.791. The molecular formula is C23H15BrO5. The SMILES string of the molecule is COc1ccc(C(=O)Oc2ccc3c(c2)O/C(=C\c2cccc(Br)c2)C3=O)cc1. The number of esters is 1. The summed E-state index contributed by atoms with van der Waals surface area (Å²) in [6, 6.07) is 18.8. The number of rotatable bonds is 4. The fourth-order valence-electron chi connectivity index (χ4n) is 2.87. The molecule has 0 N–H and O–H groups in total. The summed E-state index contributed by atoms with van der Waals surface area (Å²) in [4.78, 5) is 24.9. The van der Waals surface area contributed by atoms with Gasteiger partial charge in [0.1, 0.15) is 17.2 Å². The first-order chi connectivity index (χ1) is 14.0. The molecule has 5 nitrogen and oxygen atoms in total. The molecule has 0 spiro atoms. The Balaban J connectivity index is 1.53. The number of ketones is 1. The van der Waals surface area contributed by atoms with Gasteiger partial charge in [0.25, 0.3) is 0 Å². The molecule has 6 heteroatoms. The maximum Gasteiger partial charge on any atom is 0.343 e.